The number of benzene rings is 1. The molecule has 3 heterocycles. The fraction of sp³-hybridized carbons (Fsp3) is 0.571. The molecule has 112 valence electrons. The van der Waals surface area contributed by atoms with Crippen molar-refractivity contribution in [3.05, 3.63) is 24.3 Å². The highest BCUT2D eigenvalue weighted by Gasteiger charge is 2.57. The molecule has 0 aromatic heterocycles. The summed E-state index contributed by atoms with van der Waals surface area (Å²) in [6.07, 6.45) is -0.971. The third-order valence-electron chi connectivity index (χ3n) is 3.96. The number of nitrogens with two attached hydrogens (primary N) is 1. The Bertz CT molecular complexity index is 554. The van der Waals surface area contributed by atoms with Crippen LogP contribution in [0, 0.1) is 0 Å². The third-order valence-corrected chi connectivity index (χ3v) is 3.96. The molecule has 1 aromatic rings. The van der Waals surface area contributed by atoms with Crippen molar-refractivity contribution in [3.8, 4) is 0 Å². The van der Waals surface area contributed by atoms with Gasteiger partial charge in [0.05, 0.1) is 6.61 Å². The maximum atomic E-state index is 6.05. The average molecular weight is 291 g/mol. The van der Waals surface area contributed by atoms with Crippen LogP contribution in [0.3, 0.4) is 0 Å². The number of rotatable bonds is 1. The van der Waals surface area contributed by atoms with Crippen LogP contribution in [0.1, 0.15) is 13.8 Å². The van der Waals surface area contributed by atoms with Gasteiger partial charge in [-0.15, -0.1) is 0 Å². The first-order valence-electron chi connectivity index (χ1n) is 7.15. The van der Waals surface area contributed by atoms with Gasteiger partial charge < -0.3 is 29.3 Å². The van der Waals surface area contributed by atoms with Crippen LogP contribution in [0.25, 0.3) is 0 Å². The SMILES string of the molecule is CC1(C)O[C@H]2O[C@@H]3COB(c4cccc(N)c4)O[C@@H]3[C@H]2O1. The fourth-order valence-electron chi connectivity index (χ4n) is 3.09. The first kappa shape index (κ1) is 13.5. The highest BCUT2D eigenvalue weighted by Crippen LogP contribution is 2.40. The van der Waals surface area contributed by atoms with Gasteiger partial charge in [0.1, 0.15) is 18.3 Å². The van der Waals surface area contributed by atoms with E-state index in [1.54, 1.807) is 0 Å². The summed E-state index contributed by atoms with van der Waals surface area (Å²) in [6.45, 7) is 4.20. The fourth-order valence-corrected chi connectivity index (χ4v) is 3.09. The van der Waals surface area contributed by atoms with Gasteiger partial charge in [0.2, 0.25) is 0 Å². The van der Waals surface area contributed by atoms with E-state index in [2.05, 4.69) is 0 Å². The van der Waals surface area contributed by atoms with Gasteiger partial charge in [0, 0.05) is 5.69 Å². The van der Waals surface area contributed by atoms with Crippen molar-refractivity contribution >= 4 is 18.3 Å². The first-order valence-corrected chi connectivity index (χ1v) is 7.15. The molecule has 0 bridgehead atoms. The summed E-state index contributed by atoms with van der Waals surface area (Å²) >= 11 is 0. The minimum atomic E-state index is -0.644. The summed E-state index contributed by atoms with van der Waals surface area (Å²) in [5.74, 6) is -0.644. The van der Waals surface area contributed by atoms with Crippen molar-refractivity contribution in [3.63, 3.8) is 0 Å². The summed E-state index contributed by atoms with van der Waals surface area (Å²) in [5, 5.41) is 0. The normalized spacial score (nSPS) is 37.3. The molecular formula is C14H18BNO5. The largest absolute Gasteiger partial charge is 0.494 e. The molecule has 4 atom stereocenters. The van der Waals surface area contributed by atoms with Crippen LogP contribution in [0.2, 0.25) is 0 Å². The van der Waals surface area contributed by atoms with Crippen LogP contribution in [-0.4, -0.2) is 44.1 Å². The predicted octanol–water partition coefficient (Wildman–Crippen LogP) is 0.256. The molecule has 0 aliphatic carbocycles. The predicted molar refractivity (Wildman–Crippen MR) is 75.8 cm³/mol. The van der Waals surface area contributed by atoms with Gasteiger partial charge in [0.25, 0.3) is 0 Å². The van der Waals surface area contributed by atoms with E-state index in [1.165, 1.54) is 0 Å². The molecule has 3 aliphatic rings. The minimum Gasteiger partial charge on any atom is -0.404 e. The Morgan fingerprint density at radius 2 is 2.10 bits per heavy atom. The van der Waals surface area contributed by atoms with Crippen molar-refractivity contribution in [2.75, 3.05) is 12.3 Å². The van der Waals surface area contributed by atoms with Gasteiger partial charge in [-0.3, -0.25) is 0 Å². The Labute approximate surface area is 123 Å². The maximum absolute atomic E-state index is 6.05. The summed E-state index contributed by atoms with van der Waals surface area (Å²) < 4.78 is 29.2. The summed E-state index contributed by atoms with van der Waals surface area (Å²) in [5.41, 5.74) is 7.40. The third kappa shape index (κ3) is 2.35. The van der Waals surface area contributed by atoms with Crippen molar-refractivity contribution < 1.29 is 23.5 Å². The number of fused-ring (bicyclic) bond motifs is 3. The van der Waals surface area contributed by atoms with Crippen LogP contribution in [0.15, 0.2) is 24.3 Å². The van der Waals surface area contributed by atoms with Crippen LogP contribution in [-0.2, 0) is 23.5 Å². The molecule has 3 saturated heterocycles. The lowest BCUT2D eigenvalue weighted by Crippen LogP contribution is -2.53. The number of anilines is 1. The topological polar surface area (TPSA) is 72.2 Å². The van der Waals surface area contributed by atoms with E-state index < -0.39 is 19.2 Å². The van der Waals surface area contributed by atoms with Gasteiger partial charge in [-0.05, 0) is 31.4 Å². The van der Waals surface area contributed by atoms with Gasteiger partial charge in [-0.2, -0.15) is 0 Å². The van der Waals surface area contributed by atoms with E-state index in [0.29, 0.717) is 12.3 Å². The number of ether oxygens (including phenoxy) is 3. The van der Waals surface area contributed by atoms with Crippen molar-refractivity contribution in [2.45, 2.75) is 44.2 Å². The smallest absolute Gasteiger partial charge is 0.404 e. The maximum Gasteiger partial charge on any atom is 0.494 e. The Kier molecular flexibility index (Phi) is 3.02. The second kappa shape index (κ2) is 4.69. The molecule has 3 aliphatic heterocycles. The monoisotopic (exact) mass is 291 g/mol. The number of nitrogen functional groups attached to an aromatic ring is 1. The van der Waals surface area contributed by atoms with Crippen molar-refractivity contribution in [1.29, 1.82) is 0 Å². The van der Waals surface area contributed by atoms with Gasteiger partial charge in [0.15, 0.2) is 12.1 Å². The zero-order valence-corrected chi connectivity index (χ0v) is 12.0. The molecule has 7 heteroatoms. The second-order valence-electron chi connectivity index (χ2n) is 6.08. The Morgan fingerprint density at radius 3 is 2.90 bits per heavy atom. The summed E-state index contributed by atoms with van der Waals surface area (Å²) in [7, 11) is -0.454. The number of hydrogen-bond donors (Lipinski definition) is 1. The van der Waals surface area contributed by atoms with Gasteiger partial charge in [-0.1, -0.05) is 12.1 Å². The molecule has 0 amide bonds. The lowest BCUT2D eigenvalue weighted by Gasteiger charge is -2.32. The van der Waals surface area contributed by atoms with Crippen LogP contribution in [0.4, 0.5) is 5.69 Å². The Hall–Kier alpha value is -1.12. The molecule has 2 N–H and O–H groups in total. The molecule has 6 nitrogen and oxygen atoms in total. The van der Waals surface area contributed by atoms with E-state index in [-0.39, 0.29) is 18.3 Å². The van der Waals surface area contributed by atoms with Crippen molar-refractivity contribution in [1.82, 2.24) is 0 Å². The second-order valence-corrected chi connectivity index (χ2v) is 6.08. The Morgan fingerprint density at radius 1 is 1.24 bits per heavy atom. The van der Waals surface area contributed by atoms with Crippen LogP contribution >= 0.6 is 0 Å². The van der Waals surface area contributed by atoms with E-state index in [1.807, 2.05) is 38.1 Å². The lowest BCUT2D eigenvalue weighted by molar-refractivity contribution is -0.221. The van der Waals surface area contributed by atoms with Crippen molar-refractivity contribution in [2.24, 2.45) is 0 Å². The van der Waals surface area contributed by atoms with E-state index in [4.69, 9.17) is 29.3 Å². The van der Waals surface area contributed by atoms with Crippen LogP contribution < -0.4 is 11.2 Å². The molecule has 21 heavy (non-hydrogen) atoms. The van der Waals surface area contributed by atoms with E-state index >= 15 is 0 Å². The Balaban J connectivity index is 1.53. The molecule has 0 saturated carbocycles. The highest BCUT2D eigenvalue weighted by atomic mass is 16.8. The van der Waals surface area contributed by atoms with E-state index in [0.717, 1.165) is 5.46 Å². The molecule has 0 unspecified atom stereocenters. The molecular weight excluding hydrogens is 273 g/mol. The average Bonchev–Trinajstić information content (AvgIpc) is 2.90. The molecule has 1 aromatic carbocycles. The number of hydrogen-bond acceptors (Lipinski definition) is 6. The minimum absolute atomic E-state index is 0.159. The standard InChI is InChI=1S/C14H18BNO5/c1-14(2)19-12-11-10(18-13(12)20-14)7-17-15(21-11)8-4-3-5-9(16)6-8/h3-6,10-13H,7,16H2,1-2H3/t10-,11+,12-,13-/m1/s1. The van der Waals surface area contributed by atoms with Crippen LogP contribution in [0.5, 0.6) is 0 Å². The molecule has 0 spiro atoms. The lowest BCUT2D eigenvalue weighted by atomic mass is 9.77. The molecule has 3 fully saturated rings. The molecule has 0 radical (unpaired) electrons. The quantitative estimate of drug-likeness (QED) is 0.591. The van der Waals surface area contributed by atoms with Gasteiger partial charge in [-0.25, -0.2) is 0 Å². The van der Waals surface area contributed by atoms with E-state index in [9.17, 15) is 0 Å². The summed E-state index contributed by atoms with van der Waals surface area (Å²) in [6, 6.07) is 7.51. The zero-order chi connectivity index (χ0) is 14.6. The van der Waals surface area contributed by atoms with Gasteiger partial charge >= 0.3 is 7.12 Å². The first-order chi connectivity index (χ1) is 10.0. The zero-order valence-electron chi connectivity index (χ0n) is 12.0. The molecule has 4 rings (SSSR count). The summed E-state index contributed by atoms with van der Waals surface area (Å²) in [4.78, 5) is 0. The highest BCUT2D eigenvalue weighted by molar-refractivity contribution is 6.61.